The average Bonchev–Trinajstić information content (AvgIpc) is 2.79. The lowest BCUT2D eigenvalue weighted by atomic mass is 9.83. The van der Waals surface area contributed by atoms with Crippen LogP contribution in [0.1, 0.15) is 34.6 Å². The molecule has 1 N–H and O–H groups in total. The molecule has 3 aromatic rings. The lowest BCUT2D eigenvalue weighted by Gasteiger charge is -2.37. The highest BCUT2D eigenvalue weighted by molar-refractivity contribution is 5.79. The molecule has 3 nitrogen and oxygen atoms in total. The van der Waals surface area contributed by atoms with Crippen LogP contribution in [0.4, 0.5) is 8.78 Å². The fourth-order valence-electron chi connectivity index (χ4n) is 4.50. The molecule has 5 heteroatoms. The highest BCUT2D eigenvalue weighted by Gasteiger charge is 2.32. The van der Waals surface area contributed by atoms with E-state index in [0.717, 1.165) is 24.1 Å². The van der Waals surface area contributed by atoms with Crippen LogP contribution in [0.3, 0.4) is 0 Å². The molecular formula is C27H28F2N2O. The number of halogens is 2. The third-order valence-electron chi connectivity index (χ3n) is 6.09. The quantitative estimate of drug-likeness (QED) is 0.579. The van der Waals surface area contributed by atoms with Gasteiger partial charge in [0.25, 0.3) is 0 Å². The number of likely N-dealkylation sites (tertiary alicyclic amines) is 1. The first kappa shape index (κ1) is 22.2. The fourth-order valence-corrected chi connectivity index (χ4v) is 4.50. The monoisotopic (exact) mass is 434 g/mol. The number of hydrogen-bond donors (Lipinski definition) is 1. The molecule has 1 heterocycles. The number of aryl methyl sites for hydroxylation is 1. The summed E-state index contributed by atoms with van der Waals surface area (Å²) in [6.07, 6.45) is 0.762. The Morgan fingerprint density at radius 1 is 0.938 bits per heavy atom. The van der Waals surface area contributed by atoms with Gasteiger partial charge in [0, 0.05) is 26.2 Å². The van der Waals surface area contributed by atoms with Crippen molar-refractivity contribution in [1.29, 1.82) is 0 Å². The van der Waals surface area contributed by atoms with Crippen molar-refractivity contribution in [3.63, 3.8) is 0 Å². The van der Waals surface area contributed by atoms with E-state index >= 15 is 0 Å². The number of benzene rings is 3. The molecule has 1 aliphatic rings. The van der Waals surface area contributed by atoms with Crippen molar-refractivity contribution in [3.05, 3.63) is 107 Å². The van der Waals surface area contributed by atoms with Gasteiger partial charge in [0.15, 0.2) is 0 Å². The number of nitrogens with zero attached hydrogens (tertiary/aromatic N) is 1. The van der Waals surface area contributed by atoms with E-state index in [-0.39, 0.29) is 29.4 Å². The van der Waals surface area contributed by atoms with Crippen molar-refractivity contribution in [1.82, 2.24) is 10.2 Å². The van der Waals surface area contributed by atoms with Gasteiger partial charge in [-0.05, 0) is 60.2 Å². The van der Waals surface area contributed by atoms with Crippen LogP contribution < -0.4 is 5.32 Å². The normalized spacial score (nSPS) is 19.0. The summed E-state index contributed by atoms with van der Waals surface area (Å²) >= 11 is 0. The predicted molar refractivity (Wildman–Crippen MR) is 122 cm³/mol. The van der Waals surface area contributed by atoms with E-state index in [2.05, 4.69) is 41.4 Å². The van der Waals surface area contributed by atoms with Crippen LogP contribution in [-0.2, 0) is 17.9 Å². The molecule has 166 valence electrons. The second kappa shape index (κ2) is 10.0. The van der Waals surface area contributed by atoms with Gasteiger partial charge in [0.1, 0.15) is 11.6 Å². The molecule has 0 unspecified atom stereocenters. The first-order valence-electron chi connectivity index (χ1n) is 11.0. The van der Waals surface area contributed by atoms with Gasteiger partial charge >= 0.3 is 0 Å². The van der Waals surface area contributed by atoms with E-state index in [1.54, 1.807) is 24.3 Å². The number of nitrogens with one attached hydrogen (secondary N) is 1. The molecule has 0 radical (unpaired) electrons. The van der Waals surface area contributed by atoms with Crippen molar-refractivity contribution >= 4 is 5.91 Å². The second-order valence-corrected chi connectivity index (χ2v) is 8.71. The minimum Gasteiger partial charge on any atom is -0.352 e. The Morgan fingerprint density at radius 2 is 1.72 bits per heavy atom. The minimum atomic E-state index is -0.306. The second-order valence-electron chi connectivity index (χ2n) is 8.71. The van der Waals surface area contributed by atoms with Gasteiger partial charge in [-0.2, -0.15) is 0 Å². The van der Waals surface area contributed by atoms with E-state index in [4.69, 9.17) is 0 Å². The highest BCUT2D eigenvalue weighted by atomic mass is 19.1. The number of hydrogen-bond acceptors (Lipinski definition) is 2. The molecule has 1 amide bonds. The average molecular weight is 435 g/mol. The van der Waals surface area contributed by atoms with E-state index in [1.165, 1.54) is 35.4 Å². The zero-order valence-corrected chi connectivity index (χ0v) is 18.2. The molecule has 0 saturated carbocycles. The standard InChI is InChI=1S/C27H28F2N2O/c1-19-4-2-6-22(12-19)23-14-24(27(32)30-15-21-5-3-7-26(29)13-21)18-31(17-23)16-20-8-10-25(28)11-9-20/h2-13,23-24H,14-18H2,1H3,(H,30,32)/t23-,24-/m0/s1. The number of rotatable bonds is 6. The van der Waals surface area contributed by atoms with Crippen LogP contribution in [0, 0.1) is 24.5 Å². The summed E-state index contributed by atoms with van der Waals surface area (Å²) in [5, 5.41) is 2.99. The Balaban J connectivity index is 1.49. The van der Waals surface area contributed by atoms with Crippen molar-refractivity contribution in [2.75, 3.05) is 13.1 Å². The zero-order valence-electron chi connectivity index (χ0n) is 18.2. The molecule has 4 rings (SSSR count). The fraction of sp³-hybridized carbons (Fsp3) is 0.296. The largest absolute Gasteiger partial charge is 0.352 e. The minimum absolute atomic E-state index is 0.0179. The summed E-state index contributed by atoms with van der Waals surface area (Å²) in [6, 6.07) is 21.3. The lowest BCUT2D eigenvalue weighted by Crippen LogP contribution is -2.45. The van der Waals surface area contributed by atoms with Crippen molar-refractivity contribution in [3.8, 4) is 0 Å². The van der Waals surface area contributed by atoms with Crippen LogP contribution in [0.2, 0.25) is 0 Å². The summed E-state index contributed by atoms with van der Waals surface area (Å²) in [7, 11) is 0. The Bertz CT molecular complexity index is 1070. The Morgan fingerprint density at radius 3 is 2.47 bits per heavy atom. The third kappa shape index (κ3) is 5.80. The Hall–Kier alpha value is -3.05. The molecule has 3 aromatic carbocycles. The third-order valence-corrected chi connectivity index (χ3v) is 6.09. The van der Waals surface area contributed by atoms with Crippen LogP contribution >= 0.6 is 0 Å². The summed E-state index contributed by atoms with van der Waals surface area (Å²) in [5.41, 5.74) is 4.20. The first-order valence-corrected chi connectivity index (χ1v) is 11.0. The Kier molecular flexibility index (Phi) is 6.96. The van der Waals surface area contributed by atoms with Crippen molar-refractivity contribution < 1.29 is 13.6 Å². The van der Waals surface area contributed by atoms with Crippen molar-refractivity contribution in [2.24, 2.45) is 5.92 Å². The van der Waals surface area contributed by atoms with Gasteiger partial charge in [-0.1, -0.05) is 54.1 Å². The van der Waals surface area contributed by atoms with Gasteiger partial charge in [0.05, 0.1) is 5.92 Å². The van der Waals surface area contributed by atoms with Crippen LogP contribution in [0.15, 0.2) is 72.8 Å². The topological polar surface area (TPSA) is 32.3 Å². The SMILES string of the molecule is Cc1cccc([C@H]2C[C@H](C(=O)NCc3cccc(F)c3)CN(Cc3ccc(F)cc3)C2)c1. The first-order chi connectivity index (χ1) is 15.5. The summed E-state index contributed by atoms with van der Waals surface area (Å²) < 4.78 is 26.8. The molecule has 0 aliphatic carbocycles. The van der Waals surface area contributed by atoms with Gasteiger partial charge in [-0.15, -0.1) is 0 Å². The van der Waals surface area contributed by atoms with E-state index in [0.29, 0.717) is 19.6 Å². The molecule has 0 aromatic heterocycles. The molecular weight excluding hydrogens is 406 g/mol. The number of carbonyl (C=O) groups excluding carboxylic acids is 1. The number of carbonyl (C=O) groups is 1. The molecule has 0 bridgehead atoms. The van der Waals surface area contributed by atoms with Gasteiger partial charge in [-0.3, -0.25) is 9.69 Å². The van der Waals surface area contributed by atoms with Crippen LogP contribution in [0.25, 0.3) is 0 Å². The maximum Gasteiger partial charge on any atom is 0.224 e. The summed E-state index contributed by atoms with van der Waals surface area (Å²) in [5.74, 6) is -0.521. The molecule has 1 fully saturated rings. The lowest BCUT2D eigenvalue weighted by molar-refractivity contribution is -0.127. The summed E-state index contributed by atoms with van der Waals surface area (Å²) in [4.78, 5) is 15.3. The van der Waals surface area contributed by atoms with E-state index < -0.39 is 0 Å². The smallest absolute Gasteiger partial charge is 0.224 e. The predicted octanol–water partition coefficient (Wildman–Crippen LogP) is 5.20. The Labute approximate surface area is 188 Å². The maximum atomic E-state index is 13.5. The van der Waals surface area contributed by atoms with E-state index in [1.807, 2.05) is 0 Å². The van der Waals surface area contributed by atoms with Crippen LogP contribution in [0.5, 0.6) is 0 Å². The highest BCUT2D eigenvalue weighted by Crippen LogP contribution is 2.32. The molecule has 1 saturated heterocycles. The van der Waals surface area contributed by atoms with Gasteiger partial charge in [-0.25, -0.2) is 8.78 Å². The molecule has 2 atom stereocenters. The number of piperidine rings is 1. The van der Waals surface area contributed by atoms with Gasteiger partial charge in [0.2, 0.25) is 5.91 Å². The van der Waals surface area contributed by atoms with Gasteiger partial charge < -0.3 is 5.32 Å². The molecule has 0 spiro atoms. The summed E-state index contributed by atoms with van der Waals surface area (Å²) in [6.45, 7) is 4.52. The zero-order chi connectivity index (χ0) is 22.5. The van der Waals surface area contributed by atoms with E-state index in [9.17, 15) is 13.6 Å². The molecule has 1 aliphatic heterocycles. The van der Waals surface area contributed by atoms with Crippen molar-refractivity contribution in [2.45, 2.75) is 32.4 Å². The van der Waals surface area contributed by atoms with Crippen LogP contribution in [-0.4, -0.2) is 23.9 Å². The molecule has 32 heavy (non-hydrogen) atoms. The number of amides is 1. The maximum absolute atomic E-state index is 13.5.